The van der Waals surface area contributed by atoms with Crippen molar-refractivity contribution in [2.45, 2.75) is 175 Å². The number of nitrogens with zero attached hydrogens (tertiary/aromatic N) is 2. The Labute approximate surface area is 272 Å². The van der Waals surface area contributed by atoms with Gasteiger partial charge in [0.25, 0.3) is 0 Å². The normalized spacial score (nSPS) is 13.8. The molecule has 3 atom stereocenters. The minimum absolute atomic E-state index is 0.0636. The summed E-state index contributed by atoms with van der Waals surface area (Å²) in [5.74, 6) is 0.433. The van der Waals surface area contributed by atoms with Gasteiger partial charge in [0.05, 0.1) is 18.8 Å². The molecule has 0 saturated heterocycles. The molecule has 0 amide bonds. The van der Waals surface area contributed by atoms with Crippen molar-refractivity contribution in [3.8, 4) is 0 Å². The van der Waals surface area contributed by atoms with Gasteiger partial charge in [-0.15, -0.1) is 0 Å². The van der Waals surface area contributed by atoms with E-state index < -0.39 is 0 Å². The van der Waals surface area contributed by atoms with Crippen molar-refractivity contribution in [2.24, 2.45) is 5.92 Å². The zero-order valence-corrected chi connectivity index (χ0v) is 29.6. The summed E-state index contributed by atoms with van der Waals surface area (Å²) in [6, 6.07) is 0. The highest BCUT2D eigenvalue weighted by Gasteiger charge is 2.15. The van der Waals surface area contributed by atoms with Crippen LogP contribution < -0.4 is 0 Å². The Bertz CT molecular complexity index is 635. The molecule has 0 aromatic rings. The highest BCUT2D eigenvalue weighted by Crippen LogP contribution is 2.20. The van der Waals surface area contributed by atoms with Crippen LogP contribution in [-0.2, 0) is 14.3 Å². The van der Waals surface area contributed by atoms with Crippen molar-refractivity contribution in [3.05, 3.63) is 0 Å². The lowest BCUT2D eigenvalue weighted by atomic mass is 9.95. The quantitative estimate of drug-likeness (QED) is 0.0426. The number of hydrogen-bond donors (Lipinski definition) is 2. The Morgan fingerprint density at radius 3 is 1.64 bits per heavy atom. The molecule has 0 aromatic heterocycles. The Morgan fingerprint density at radius 2 is 1.11 bits per heavy atom. The van der Waals surface area contributed by atoms with Gasteiger partial charge in [0.1, 0.15) is 6.29 Å². The molecule has 3 unspecified atom stereocenters. The fraction of sp³-hybridized carbons (Fsp3) is 0.946. The van der Waals surface area contributed by atoms with E-state index in [1.807, 2.05) is 13.8 Å². The second-order valence-electron chi connectivity index (χ2n) is 13.2. The van der Waals surface area contributed by atoms with Crippen LogP contribution in [0.3, 0.4) is 0 Å². The molecule has 262 valence electrons. The topological polar surface area (TPSA) is 90.3 Å². The summed E-state index contributed by atoms with van der Waals surface area (Å²) < 4.78 is 5.79. The summed E-state index contributed by atoms with van der Waals surface area (Å²) in [7, 11) is 0. The van der Waals surface area contributed by atoms with Gasteiger partial charge in [-0.2, -0.15) is 0 Å². The van der Waals surface area contributed by atoms with E-state index in [0.717, 1.165) is 77.4 Å². The molecule has 0 heterocycles. The monoisotopic (exact) mass is 627 g/mol. The van der Waals surface area contributed by atoms with Crippen LogP contribution in [0.4, 0.5) is 0 Å². The summed E-state index contributed by atoms with van der Waals surface area (Å²) >= 11 is 0. The fourth-order valence-corrected chi connectivity index (χ4v) is 5.80. The van der Waals surface area contributed by atoms with Crippen molar-refractivity contribution in [1.29, 1.82) is 0 Å². The molecular weight excluding hydrogens is 552 g/mol. The molecule has 0 radical (unpaired) electrons. The zero-order valence-electron chi connectivity index (χ0n) is 29.6. The lowest BCUT2D eigenvalue weighted by Gasteiger charge is -2.28. The number of aliphatic hydroxyl groups is 2. The zero-order chi connectivity index (χ0) is 32.7. The summed E-state index contributed by atoms with van der Waals surface area (Å²) in [4.78, 5) is 27.9. The Balaban J connectivity index is 4.58. The van der Waals surface area contributed by atoms with Crippen molar-refractivity contribution in [3.63, 3.8) is 0 Å². The number of aldehydes is 1. The second kappa shape index (κ2) is 31.9. The number of hydrogen-bond acceptors (Lipinski definition) is 7. The summed E-state index contributed by atoms with van der Waals surface area (Å²) in [6.45, 7) is 13.9. The highest BCUT2D eigenvalue weighted by molar-refractivity contribution is 5.69. The number of carbonyl (C=O) groups is 2. The van der Waals surface area contributed by atoms with Crippen molar-refractivity contribution in [1.82, 2.24) is 9.80 Å². The maximum absolute atomic E-state index is 12.6. The molecular formula is C37H74N2O5. The molecule has 0 saturated carbocycles. The highest BCUT2D eigenvalue weighted by atomic mass is 16.5. The first-order valence-electron chi connectivity index (χ1n) is 18.8. The van der Waals surface area contributed by atoms with Gasteiger partial charge in [0, 0.05) is 25.9 Å². The van der Waals surface area contributed by atoms with E-state index in [4.69, 9.17) is 4.74 Å². The second-order valence-corrected chi connectivity index (χ2v) is 13.2. The van der Waals surface area contributed by atoms with Gasteiger partial charge < -0.3 is 29.5 Å². The van der Waals surface area contributed by atoms with Gasteiger partial charge in [-0.3, -0.25) is 4.79 Å². The van der Waals surface area contributed by atoms with Crippen LogP contribution in [0, 0.1) is 5.92 Å². The number of aliphatic hydroxyl groups excluding tert-OH is 2. The first-order valence-corrected chi connectivity index (χ1v) is 18.8. The van der Waals surface area contributed by atoms with Crippen LogP contribution in [0.15, 0.2) is 0 Å². The smallest absolute Gasteiger partial charge is 0.305 e. The van der Waals surface area contributed by atoms with Gasteiger partial charge in [-0.25, -0.2) is 0 Å². The maximum atomic E-state index is 12.6. The van der Waals surface area contributed by atoms with Gasteiger partial charge >= 0.3 is 5.97 Å². The van der Waals surface area contributed by atoms with Crippen LogP contribution >= 0.6 is 0 Å². The van der Waals surface area contributed by atoms with Gasteiger partial charge in [-0.1, -0.05) is 91.9 Å². The van der Waals surface area contributed by atoms with E-state index in [1.165, 1.54) is 77.0 Å². The van der Waals surface area contributed by atoms with Crippen molar-refractivity contribution < 1.29 is 24.5 Å². The molecule has 0 spiro atoms. The number of esters is 1. The van der Waals surface area contributed by atoms with Crippen LogP contribution in [0.2, 0.25) is 0 Å². The van der Waals surface area contributed by atoms with E-state index >= 15 is 0 Å². The number of rotatable bonds is 34. The van der Waals surface area contributed by atoms with Crippen LogP contribution in [0.1, 0.15) is 163 Å². The minimum Gasteiger partial charge on any atom is -0.465 e. The van der Waals surface area contributed by atoms with E-state index in [0.29, 0.717) is 38.5 Å². The molecule has 0 aliphatic heterocycles. The van der Waals surface area contributed by atoms with Crippen LogP contribution in [0.5, 0.6) is 0 Å². The first-order chi connectivity index (χ1) is 21.4. The molecule has 0 fully saturated rings. The average Bonchev–Trinajstić information content (AvgIpc) is 3.02. The molecule has 44 heavy (non-hydrogen) atoms. The van der Waals surface area contributed by atoms with Crippen molar-refractivity contribution >= 4 is 12.3 Å². The van der Waals surface area contributed by atoms with Gasteiger partial charge in [0.2, 0.25) is 0 Å². The fourth-order valence-electron chi connectivity index (χ4n) is 5.80. The summed E-state index contributed by atoms with van der Waals surface area (Å²) in [5, 5.41) is 20.5. The van der Waals surface area contributed by atoms with Crippen LogP contribution in [-0.4, -0.2) is 90.4 Å². The molecule has 0 bridgehead atoms. The van der Waals surface area contributed by atoms with Gasteiger partial charge in [0.15, 0.2) is 0 Å². The molecule has 2 N–H and O–H groups in total. The third-order valence-electron chi connectivity index (χ3n) is 8.89. The Hall–Kier alpha value is -1.02. The van der Waals surface area contributed by atoms with Crippen molar-refractivity contribution in [2.75, 3.05) is 45.9 Å². The molecule has 7 heteroatoms. The molecule has 0 aliphatic carbocycles. The van der Waals surface area contributed by atoms with E-state index in [-0.39, 0.29) is 18.2 Å². The maximum Gasteiger partial charge on any atom is 0.305 e. The number of ether oxygens (including phenoxy) is 1. The van der Waals surface area contributed by atoms with Crippen LogP contribution in [0.25, 0.3) is 0 Å². The molecule has 7 nitrogen and oxygen atoms in total. The first kappa shape index (κ1) is 43.0. The predicted octanol–water partition coefficient (Wildman–Crippen LogP) is 7.94. The minimum atomic E-state index is -0.345. The Morgan fingerprint density at radius 1 is 0.636 bits per heavy atom. The summed E-state index contributed by atoms with van der Waals surface area (Å²) in [6.07, 6.45) is 22.6. The SMILES string of the molecule is CCCCCCCCC(CCCCCC)COC(=O)CCCCN(CCCN(CCCCC=O)CC(O)CC)CC(O)CC. The molecule has 0 aromatic carbocycles. The largest absolute Gasteiger partial charge is 0.465 e. The third-order valence-corrected chi connectivity index (χ3v) is 8.89. The molecule has 0 aliphatic rings. The lowest BCUT2D eigenvalue weighted by Crippen LogP contribution is -2.38. The lowest BCUT2D eigenvalue weighted by molar-refractivity contribution is -0.145. The van der Waals surface area contributed by atoms with E-state index in [1.54, 1.807) is 0 Å². The predicted molar refractivity (Wildman–Crippen MR) is 185 cm³/mol. The van der Waals surface area contributed by atoms with E-state index in [2.05, 4.69) is 23.6 Å². The number of unbranched alkanes of at least 4 members (excludes halogenated alkanes) is 11. The average molecular weight is 627 g/mol. The third kappa shape index (κ3) is 27.3. The number of carbonyl (C=O) groups excluding carboxylic acids is 2. The summed E-state index contributed by atoms with van der Waals surface area (Å²) in [5.41, 5.74) is 0. The Kier molecular flexibility index (Phi) is 31.2. The van der Waals surface area contributed by atoms with E-state index in [9.17, 15) is 19.8 Å². The van der Waals surface area contributed by atoms with Gasteiger partial charge in [-0.05, 0) is 89.9 Å². The molecule has 0 rings (SSSR count). The standard InChI is InChI=1S/C37H74N2O5/c1-5-9-11-13-14-17-24-34(23-16-12-10-6-2)33-44-37(43)25-18-20-27-39(32-36(42)8-4)29-22-28-38(31-35(41)7-3)26-19-15-21-30-40/h30,34-36,41-42H,5-29,31-33H2,1-4H3.